The topological polar surface area (TPSA) is 53.6 Å². The van der Waals surface area contributed by atoms with E-state index in [0.29, 0.717) is 6.04 Å². The lowest BCUT2D eigenvalue weighted by Crippen LogP contribution is -2.34. The zero-order chi connectivity index (χ0) is 11.5. The molecule has 0 spiro atoms. The summed E-state index contributed by atoms with van der Waals surface area (Å²) in [5.74, 6) is 0. The minimum Gasteiger partial charge on any atom is -0.308 e. The molecule has 1 aromatic carbocycles. The third kappa shape index (κ3) is 2.22. The molecule has 0 saturated heterocycles. The molecule has 3 rings (SSSR count). The first-order valence-electron chi connectivity index (χ1n) is 6.12. The van der Waals surface area contributed by atoms with Gasteiger partial charge in [0.25, 0.3) is 0 Å². The third-order valence-electron chi connectivity index (χ3n) is 3.33. The van der Waals surface area contributed by atoms with E-state index in [-0.39, 0.29) is 0 Å². The molecule has 0 atom stereocenters. The summed E-state index contributed by atoms with van der Waals surface area (Å²) in [4.78, 5) is 0. The summed E-state index contributed by atoms with van der Waals surface area (Å²) in [6.45, 7) is 0.797. The molecule has 0 aliphatic heterocycles. The zero-order valence-corrected chi connectivity index (χ0v) is 9.69. The molecule has 2 aromatic rings. The summed E-state index contributed by atoms with van der Waals surface area (Å²) in [5.41, 5.74) is 3.08. The van der Waals surface area contributed by atoms with Gasteiger partial charge < -0.3 is 5.32 Å². The van der Waals surface area contributed by atoms with Gasteiger partial charge in [-0.05, 0) is 12.8 Å². The van der Waals surface area contributed by atoms with Crippen molar-refractivity contribution in [3.63, 3.8) is 0 Å². The van der Waals surface area contributed by atoms with Gasteiger partial charge in [-0.2, -0.15) is 15.4 Å². The fraction of sp³-hybridized carbons (Fsp3) is 0.385. The van der Waals surface area contributed by atoms with Crippen LogP contribution in [0.1, 0.15) is 25.0 Å². The predicted molar refractivity (Wildman–Crippen MR) is 66.3 cm³/mol. The van der Waals surface area contributed by atoms with Crippen molar-refractivity contribution in [2.45, 2.75) is 31.8 Å². The fourth-order valence-corrected chi connectivity index (χ4v) is 2.06. The summed E-state index contributed by atoms with van der Waals surface area (Å²) in [6, 6.07) is 10.8. The Bertz CT molecular complexity index is 473. The Morgan fingerprint density at radius 1 is 1.18 bits per heavy atom. The van der Waals surface area contributed by atoms with Crippen molar-refractivity contribution in [2.24, 2.45) is 0 Å². The number of nitrogens with one attached hydrogen (secondary N) is 2. The number of H-pyrrole nitrogens is 1. The van der Waals surface area contributed by atoms with Gasteiger partial charge in [0.2, 0.25) is 0 Å². The summed E-state index contributed by atoms with van der Waals surface area (Å²) in [7, 11) is 0. The highest BCUT2D eigenvalue weighted by atomic mass is 15.3. The minimum atomic E-state index is 0.676. The number of hydrogen-bond acceptors (Lipinski definition) is 3. The molecule has 4 heteroatoms. The molecule has 88 valence electrons. The van der Waals surface area contributed by atoms with E-state index in [0.717, 1.165) is 23.5 Å². The molecule has 2 N–H and O–H groups in total. The van der Waals surface area contributed by atoms with Gasteiger partial charge in [-0.3, -0.25) is 0 Å². The van der Waals surface area contributed by atoms with E-state index in [9.17, 15) is 0 Å². The van der Waals surface area contributed by atoms with Crippen LogP contribution in [-0.2, 0) is 6.54 Å². The molecule has 1 aromatic heterocycles. The van der Waals surface area contributed by atoms with Gasteiger partial charge in [0.1, 0.15) is 11.4 Å². The maximum absolute atomic E-state index is 4.23. The van der Waals surface area contributed by atoms with E-state index in [1.54, 1.807) is 0 Å². The van der Waals surface area contributed by atoms with Crippen LogP contribution in [0.2, 0.25) is 0 Å². The van der Waals surface area contributed by atoms with Crippen LogP contribution in [0.3, 0.4) is 0 Å². The van der Waals surface area contributed by atoms with Crippen LogP contribution in [0.5, 0.6) is 0 Å². The number of hydrogen-bond donors (Lipinski definition) is 2. The van der Waals surface area contributed by atoms with Crippen molar-refractivity contribution in [1.29, 1.82) is 0 Å². The molecule has 0 unspecified atom stereocenters. The van der Waals surface area contributed by atoms with Crippen LogP contribution in [0.15, 0.2) is 30.3 Å². The molecule has 0 amide bonds. The Hall–Kier alpha value is -1.68. The van der Waals surface area contributed by atoms with E-state index < -0.39 is 0 Å². The zero-order valence-electron chi connectivity index (χ0n) is 9.69. The van der Waals surface area contributed by atoms with Crippen molar-refractivity contribution < 1.29 is 0 Å². The molecule has 0 bridgehead atoms. The van der Waals surface area contributed by atoms with Crippen molar-refractivity contribution in [2.75, 3.05) is 0 Å². The number of benzene rings is 1. The van der Waals surface area contributed by atoms with Crippen LogP contribution in [0, 0.1) is 0 Å². The molecule has 0 radical (unpaired) electrons. The largest absolute Gasteiger partial charge is 0.308 e. The smallest absolute Gasteiger partial charge is 0.117 e. The lowest BCUT2D eigenvalue weighted by atomic mass is 9.93. The second-order valence-electron chi connectivity index (χ2n) is 4.49. The second kappa shape index (κ2) is 4.67. The van der Waals surface area contributed by atoms with E-state index >= 15 is 0 Å². The molecule has 4 nitrogen and oxygen atoms in total. The van der Waals surface area contributed by atoms with Gasteiger partial charge in [0.05, 0.1) is 0 Å². The normalized spacial score (nSPS) is 15.8. The molecule has 1 aliphatic rings. The Labute approximate surface area is 100 Å². The maximum Gasteiger partial charge on any atom is 0.117 e. The first-order chi connectivity index (χ1) is 8.43. The quantitative estimate of drug-likeness (QED) is 0.842. The highest BCUT2D eigenvalue weighted by Crippen LogP contribution is 2.21. The van der Waals surface area contributed by atoms with Crippen molar-refractivity contribution in [3.8, 4) is 11.3 Å². The van der Waals surface area contributed by atoms with Gasteiger partial charge >= 0.3 is 0 Å². The molecule has 1 heterocycles. The monoisotopic (exact) mass is 228 g/mol. The summed E-state index contributed by atoms with van der Waals surface area (Å²) in [6.07, 6.45) is 3.93. The summed E-state index contributed by atoms with van der Waals surface area (Å²) in [5, 5.41) is 14.7. The van der Waals surface area contributed by atoms with E-state index in [1.807, 2.05) is 18.2 Å². The summed E-state index contributed by atoms with van der Waals surface area (Å²) >= 11 is 0. The van der Waals surface area contributed by atoms with Crippen LogP contribution >= 0.6 is 0 Å². The van der Waals surface area contributed by atoms with E-state index in [4.69, 9.17) is 0 Å². The SMILES string of the molecule is c1ccc(-c2n[nH]nc2CNC2CCC2)cc1. The van der Waals surface area contributed by atoms with Gasteiger partial charge in [0.15, 0.2) is 0 Å². The minimum absolute atomic E-state index is 0.676. The Kier molecular flexibility index (Phi) is 2.88. The Morgan fingerprint density at radius 3 is 2.71 bits per heavy atom. The molecular weight excluding hydrogens is 212 g/mol. The van der Waals surface area contributed by atoms with Crippen LogP contribution < -0.4 is 5.32 Å². The predicted octanol–water partition coefficient (Wildman–Crippen LogP) is 2.11. The molecule has 1 aliphatic carbocycles. The van der Waals surface area contributed by atoms with E-state index in [1.165, 1.54) is 19.3 Å². The van der Waals surface area contributed by atoms with Crippen molar-refractivity contribution >= 4 is 0 Å². The Balaban J connectivity index is 1.74. The van der Waals surface area contributed by atoms with Crippen LogP contribution in [-0.4, -0.2) is 21.5 Å². The maximum atomic E-state index is 4.23. The van der Waals surface area contributed by atoms with E-state index in [2.05, 4.69) is 32.9 Å². The second-order valence-corrected chi connectivity index (χ2v) is 4.49. The average Bonchev–Trinajstić information content (AvgIpc) is 2.76. The van der Waals surface area contributed by atoms with Crippen LogP contribution in [0.25, 0.3) is 11.3 Å². The molecule has 1 fully saturated rings. The average molecular weight is 228 g/mol. The number of nitrogens with zero attached hydrogens (tertiary/aromatic N) is 2. The standard InChI is InChI=1S/C13H16N4/c1-2-5-10(6-3-1)13-12(15-17-16-13)9-14-11-7-4-8-11/h1-3,5-6,11,14H,4,7-9H2,(H,15,16,17). The number of aromatic nitrogens is 3. The molecule has 17 heavy (non-hydrogen) atoms. The van der Waals surface area contributed by atoms with Gasteiger partial charge in [-0.25, -0.2) is 0 Å². The molecule has 1 saturated carbocycles. The summed E-state index contributed by atoms with van der Waals surface area (Å²) < 4.78 is 0. The third-order valence-corrected chi connectivity index (χ3v) is 3.33. The van der Waals surface area contributed by atoms with Gasteiger partial charge in [-0.1, -0.05) is 36.8 Å². The van der Waals surface area contributed by atoms with Crippen molar-refractivity contribution in [1.82, 2.24) is 20.7 Å². The fourth-order valence-electron chi connectivity index (χ4n) is 2.06. The highest BCUT2D eigenvalue weighted by molar-refractivity contribution is 5.60. The first kappa shape index (κ1) is 10.5. The van der Waals surface area contributed by atoms with Crippen molar-refractivity contribution in [3.05, 3.63) is 36.0 Å². The van der Waals surface area contributed by atoms with Crippen LogP contribution in [0.4, 0.5) is 0 Å². The number of aromatic amines is 1. The van der Waals surface area contributed by atoms with Gasteiger partial charge in [-0.15, -0.1) is 0 Å². The molecular formula is C13H16N4. The highest BCUT2D eigenvalue weighted by Gasteiger charge is 2.18. The number of rotatable bonds is 4. The Morgan fingerprint density at radius 2 is 2.00 bits per heavy atom. The lowest BCUT2D eigenvalue weighted by Gasteiger charge is -2.26. The first-order valence-corrected chi connectivity index (χ1v) is 6.12. The van der Waals surface area contributed by atoms with Gasteiger partial charge in [0, 0.05) is 18.2 Å². The lowest BCUT2D eigenvalue weighted by molar-refractivity contribution is 0.337.